The Morgan fingerprint density at radius 1 is 1.62 bits per heavy atom. The molecule has 0 saturated carbocycles. The van der Waals surface area contributed by atoms with Crippen LogP contribution in [0.4, 0.5) is 5.82 Å². The zero-order valence-corrected chi connectivity index (χ0v) is 7.77. The minimum Gasteiger partial charge on any atom is -0.376 e. The highest BCUT2D eigenvalue weighted by Gasteiger charge is 1.91. The quantitative estimate of drug-likeness (QED) is 0.563. The monoisotopic (exact) mass is 179 g/mol. The van der Waals surface area contributed by atoms with Crippen LogP contribution in [0.1, 0.15) is 6.92 Å². The predicted molar refractivity (Wildman–Crippen MR) is 52.8 cm³/mol. The second kappa shape index (κ2) is 5.27. The highest BCUT2D eigenvalue weighted by Crippen LogP contribution is 1.98. The first kappa shape index (κ1) is 9.67. The maximum Gasteiger partial charge on any atom is 0.146 e. The number of pyridine rings is 1. The van der Waals surface area contributed by atoms with E-state index >= 15 is 0 Å². The first-order valence-corrected chi connectivity index (χ1v) is 4.06. The van der Waals surface area contributed by atoms with Crippen LogP contribution in [0.5, 0.6) is 0 Å². The molecule has 0 bridgehead atoms. The lowest BCUT2D eigenvalue weighted by molar-refractivity contribution is 0.174. The van der Waals surface area contributed by atoms with Crippen molar-refractivity contribution in [2.45, 2.75) is 13.0 Å². The molecule has 1 atom stereocenters. The molecule has 4 nitrogen and oxygen atoms in total. The summed E-state index contributed by atoms with van der Waals surface area (Å²) in [4.78, 5) is 4.04. The standard InChI is InChI=1S/C9H13N3O/c1-8(13-2)7-11-12-9-5-3-4-6-10-9/h3-8H,1-2H3,(H,10,12)/b11-7+. The van der Waals surface area contributed by atoms with E-state index in [2.05, 4.69) is 15.5 Å². The van der Waals surface area contributed by atoms with E-state index in [0.29, 0.717) is 0 Å². The molecule has 70 valence electrons. The SMILES string of the molecule is COC(C)/C=N/Nc1ccccn1. The topological polar surface area (TPSA) is 46.5 Å². The summed E-state index contributed by atoms with van der Waals surface area (Å²) in [5.41, 5.74) is 2.79. The number of nitrogens with one attached hydrogen (secondary N) is 1. The Labute approximate surface area is 77.6 Å². The molecule has 1 aromatic rings. The second-order valence-corrected chi connectivity index (χ2v) is 2.55. The molecule has 0 spiro atoms. The zero-order chi connectivity index (χ0) is 9.52. The van der Waals surface area contributed by atoms with Gasteiger partial charge in [-0.3, -0.25) is 5.43 Å². The van der Waals surface area contributed by atoms with Crippen LogP contribution in [0, 0.1) is 0 Å². The van der Waals surface area contributed by atoms with Crippen molar-refractivity contribution in [3.05, 3.63) is 24.4 Å². The number of hydrogen-bond acceptors (Lipinski definition) is 4. The lowest BCUT2D eigenvalue weighted by Gasteiger charge is -2.01. The van der Waals surface area contributed by atoms with Crippen LogP contribution in [-0.4, -0.2) is 24.4 Å². The second-order valence-electron chi connectivity index (χ2n) is 2.55. The lowest BCUT2D eigenvalue weighted by atomic mass is 10.4. The average Bonchev–Trinajstić information content (AvgIpc) is 2.19. The molecule has 0 fully saturated rings. The van der Waals surface area contributed by atoms with Gasteiger partial charge >= 0.3 is 0 Å². The van der Waals surface area contributed by atoms with Crippen molar-refractivity contribution in [2.75, 3.05) is 12.5 Å². The molecule has 13 heavy (non-hydrogen) atoms. The van der Waals surface area contributed by atoms with Gasteiger partial charge in [-0.2, -0.15) is 5.10 Å². The molecular weight excluding hydrogens is 166 g/mol. The van der Waals surface area contributed by atoms with Gasteiger partial charge in [-0.1, -0.05) is 6.07 Å². The smallest absolute Gasteiger partial charge is 0.146 e. The van der Waals surface area contributed by atoms with Gasteiger partial charge in [-0.15, -0.1) is 0 Å². The van der Waals surface area contributed by atoms with Crippen molar-refractivity contribution < 1.29 is 4.74 Å². The first-order valence-electron chi connectivity index (χ1n) is 4.06. The number of methoxy groups -OCH3 is 1. The molecule has 1 rings (SSSR count). The van der Waals surface area contributed by atoms with E-state index in [1.54, 1.807) is 19.5 Å². The van der Waals surface area contributed by atoms with E-state index in [1.165, 1.54) is 0 Å². The fourth-order valence-electron chi connectivity index (χ4n) is 0.698. The number of ether oxygens (including phenoxy) is 1. The summed E-state index contributed by atoms with van der Waals surface area (Å²) in [6, 6.07) is 5.59. The van der Waals surface area contributed by atoms with Crippen molar-refractivity contribution in [2.24, 2.45) is 5.10 Å². The van der Waals surface area contributed by atoms with Crippen LogP contribution in [-0.2, 0) is 4.74 Å². The third-order valence-electron chi connectivity index (χ3n) is 1.50. The minimum atomic E-state index is 0.0104. The van der Waals surface area contributed by atoms with Gasteiger partial charge in [0.05, 0.1) is 12.3 Å². The predicted octanol–water partition coefficient (Wildman–Crippen LogP) is 1.51. The van der Waals surface area contributed by atoms with Crippen molar-refractivity contribution in [3.63, 3.8) is 0 Å². The molecular formula is C9H13N3O. The molecule has 1 N–H and O–H groups in total. The molecule has 0 aromatic carbocycles. The summed E-state index contributed by atoms with van der Waals surface area (Å²) < 4.78 is 4.98. The molecule has 0 radical (unpaired) electrons. The fraction of sp³-hybridized carbons (Fsp3) is 0.333. The van der Waals surface area contributed by atoms with E-state index in [-0.39, 0.29) is 6.10 Å². The summed E-state index contributed by atoms with van der Waals surface area (Å²) in [7, 11) is 1.64. The van der Waals surface area contributed by atoms with E-state index in [1.807, 2.05) is 25.1 Å². The summed E-state index contributed by atoms with van der Waals surface area (Å²) in [6.45, 7) is 1.91. The van der Waals surface area contributed by atoms with Crippen LogP contribution in [0.15, 0.2) is 29.5 Å². The highest BCUT2D eigenvalue weighted by molar-refractivity contribution is 5.63. The Morgan fingerprint density at radius 2 is 2.46 bits per heavy atom. The van der Waals surface area contributed by atoms with Gasteiger partial charge in [0.15, 0.2) is 0 Å². The number of hydrogen-bond donors (Lipinski definition) is 1. The van der Waals surface area contributed by atoms with E-state index in [0.717, 1.165) is 5.82 Å². The van der Waals surface area contributed by atoms with Gasteiger partial charge in [-0.25, -0.2) is 4.98 Å². The van der Waals surface area contributed by atoms with Gasteiger partial charge in [0.25, 0.3) is 0 Å². The van der Waals surface area contributed by atoms with Gasteiger partial charge in [-0.05, 0) is 19.1 Å². The van der Waals surface area contributed by atoms with Crippen molar-refractivity contribution in [3.8, 4) is 0 Å². The Hall–Kier alpha value is -1.42. The first-order chi connectivity index (χ1) is 6.33. The molecule has 0 amide bonds. The average molecular weight is 179 g/mol. The van der Waals surface area contributed by atoms with Crippen molar-refractivity contribution >= 4 is 12.0 Å². The Kier molecular flexibility index (Phi) is 3.92. The fourth-order valence-corrected chi connectivity index (χ4v) is 0.698. The molecule has 1 unspecified atom stereocenters. The zero-order valence-electron chi connectivity index (χ0n) is 7.77. The lowest BCUT2D eigenvalue weighted by Crippen LogP contribution is -2.07. The maximum absolute atomic E-state index is 4.98. The summed E-state index contributed by atoms with van der Waals surface area (Å²) in [6.07, 6.45) is 3.39. The van der Waals surface area contributed by atoms with Gasteiger partial charge in [0, 0.05) is 13.3 Å². The van der Waals surface area contributed by atoms with Crippen LogP contribution in [0.2, 0.25) is 0 Å². The van der Waals surface area contributed by atoms with E-state index in [4.69, 9.17) is 4.74 Å². The van der Waals surface area contributed by atoms with E-state index < -0.39 is 0 Å². The molecule has 0 aliphatic carbocycles. The summed E-state index contributed by atoms with van der Waals surface area (Å²) >= 11 is 0. The van der Waals surface area contributed by atoms with Crippen LogP contribution in [0.3, 0.4) is 0 Å². The number of rotatable bonds is 4. The minimum absolute atomic E-state index is 0.0104. The number of nitrogens with zero attached hydrogens (tertiary/aromatic N) is 2. The number of anilines is 1. The Bertz CT molecular complexity index is 261. The van der Waals surface area contributed by atoms with Crippen molar-refractivity contribution in [1.29, 1.82) is 0 Å². The van der Waals surface area contributed by atoms with Crippen LogP contribution < -0.4 is 5.43 Å². The van der Waals surface area contributed by atoms with Gasteiger partial charge < -0.3 is 4.74 Å². The maximum atomic E-state index is 4.98. The molecule has 1 heterocycles. The van der Waals surface area contributed by atoms with Gasteiger partial charge in [0.1, 0.15) is 5.82 Å². The highest BCUT2D eigenvalue weighted by atomic mass is 16.5. The number of hydrazone groups is 1. The van der Waals surface area contributed by atoms with Gasteiger partial charge in [0.2, 0.25) is 0 Å². The molecule has 0 aliphatic heterocycles. The summed E-state index contributed by atoms with van der Waals surface area (Å²) in [5, 5.41) is 3.95. The Morgan fingerprint density at radius 3 is 3.08 bits per heavy atom. The molecule has 0 aliphatic rings. The van der Waals surface area contributed by atoms with E-state index in [9.17, 15) is 0 Å². The third-order valence-corrected chi connectivity index (χ3v) is 1.50. The molecule has 4 heteroatoms. The van der Waals surface area contributed by atoms with Crippen LogP contribution >= 0.6 is 0 Å². The summed E-state index contributed by atoms with van der Waals surface area (Å²) in [5.74, 6) is 0.724. The third kappa shape index (κ3) is 3.66. The molecule has 0 saturated heterocycles. The Balaban J connectivity index is 2.39. The van der Waals surface area contributed by atoms with Crippen LogP contribution in [0.25, 0.3) is 0 Å². The molecule has 1 aromatic heterocycles. The normalized spacial score (nSPS) is 13.1. The number of aromatic nitrogens is 1. The largest absolute Gasteiger partial charge is 0.376 e. The van der Waals surface area contributed by atoms with Crippen molar-refractivity contribution in [1.82, 2.24) is 4.98 Å².